The van der Waals surface area contributed by atoms with Gasteiger partial charge in [-0.15, -0.1) is 0 Å². The maximum Gasteiger partial charge on any atom is 0.416 e. The lowest BCUT2D eigenvalue weighted by atomic mass is 10.1. The Bertz CT molecular complexity index is 685. The summed E-state index contributed by atoms with van der Waals surface area (Å²) in [7, 11) is 0. The Hall–Kier alpha value is -2.07. The molecule has 1 fully saturated rings. The summed E-state index contributed by atoms with van der Waals surface area (Å²) in [5.41, 5.74) is -0.364. The first-order valence-electron chi connectivity index (χ1n) is 6.56. The molecule has 0 bridgehead atoms. The number of aryl methyl sites for hydroxylation is 1. The molecule has 0 spiro atoms. The highest BCUT2D eigenvalue weighted by Crippen LogP contribution is 2.37. The first-order chi connectivity index (χ1) is 10.2. The molecule has 3 nitrogen and oxygen atoms in total. The van der Waals surface area contributed by atoms with Gasteiger partial charge >= 0.3 is 6.18 Å². The molecule has 0 saturated heterocycles. The van der Waals surface area contributed by atoms with E-state index in [0.29, 0.717) is 5.69 Å². The van der Waals surface area contributed by atoms with Crippen molar-refractivity contribution < 1.29 is 18.3 Å². The van der Waals surface area contributed by atoms with Gasteiger partial charge in [-0.3, -0.25) is 0 Å². The second-order valence-electron chi connectivity index (χ2n) is 5.13. The molecule has 1 aromatic rings. The number of halogens is 3. The molecular formula is C15H13F3N2OS. The number of hydrogen-bond acceptors (Lipinski definition) is 3. The summed E-state index contributed by atoms with van der Waals surface area (Å²) in [6.07, 6.45) is -2.80. The van der Waals surface area contributed by atoms with Crippen molar-refractivity contribution in [2.45, 2.75) is 25.9 Å². The smallest absolute Gasteiger partial charge is 0.416 e. The molecule has 0 radical (unpaired) electrons. The molecule has 2 rings (SSSR count). The van der Waals surface area contributed by atoms with E-state index in [1.807, 2.05) is 6.07 Å². The predicted octanol–water partition coefficient (Wildman–Crippen LogP) is 4.50. The second kappa shape index (κ2) is 5.97. The molecule has 0 amide bonds. The third-order valence-electron chi connectivity index (χ3n) is 3.35. The Morgan fingerprint density at radius 2 is 2.05 bits per heavy atom. The van der Waals surface area contributed by atoms with E-state index in [4.69, 9.17) is 17.5 Å². The average Bonchev–Trinajstić information content (AvgIpc) is 3.21. The third-order valence-corrected chi connectivity index (χ3v) is 3.65. The van der Waals surface area contributed by atoms with Gasteiger partial charge in [0, 0.05) is 11.6 Å². The highest BCUT2D eigenvalue weighted by atomic mass is 32.1. The van der Waals surface area contributed by atoms with Gasteiger partial charge in [0.1, 0.15) is 22.4 Å². The topological polar surface area (TPSA) is 56.0 Å². The zero-order valence-electron chi connectivity index (χ0n) is 11.7. The SMILES string of the molecule is Cc1cc(NC(=S)/C(C#N)=C(\O)C2CC2)ccc1C(F)(F)F. The molecule has 0 heterocycles. The van der Waals surface area contributed by atoms with Crippen LogP contribution >= 0.6 is 12.2 Å². The van der Waals surface area contributed by atoms with Gasteiger partial charge < -0.3 is 10.4 Å². The van der Waals surface area contributed by atoms with Crippen molar-refractivity contribution in [2.75, 3.05) is 5.32 Å². The Labute approximate surface area is 131 Å². The maximum absolute atomic E-state index is 12.7. The van der Waals surface area contributed by atoms with Gasteiger partial charge in [-0.25, -0.2) is 0 Å². The van der Waals surface area contributed by atoms with Crippen LogP contribution in [0.15, 0.2) is 29.5 Å². The van der Waals surface area contributed by atoms with Crippen molar-refractivity contribution in [3.63, 3.8) is 0 Å². The first kappa shape index (κ1) is 16.3. The number of anilines is 1. The van der Waals surface area contributed by atoms with Crippen LogP contribution in [0.2, 0.25) is 0 Å². The molecule has 0 unspecified atom stereocenters. The lowest BCUT2D eigenvalue weighted by molar-refractivity contribution is -0.138. The molecule has 1 aliphatic carbocycles. The summed E-state index contributed by atoms with van der Waals surface area (Å²) in [5.74, 6) is -0.0904. The second-order valence-corrected chi connectivity index (χ2v) is 5.54. The number of allylic oxidation sites excluding steroid dienone is 1. The summed E-state index contributed by atoms with van der Waals surface area (Å²) in [6, 6.07) is 5.34. The van der Waals surface area contributed by atoms with Gasteiger partial charge in [0.25, 0.3) is 0 Å². The molecule has 7 heteroatoms. The van der Waals surface area contributed by atoms with Crippen LogP contribution in [0.3, 0.4) is 0 Å². The van der Waals surface area contributed by atoms with Crippen molar-refractivity contribution in [2.24, 2.45) is 5.92 Å². The van der Waals surface area contributed by atoms with Crippen LogP contribution in [-0.4, -0.2) is 10.1 Å². The number of nitrogens with zero attached hydrogens (tertiary/aromatic N) is 1. The minimum Gasteiger partial charge on any atom is -0.511 e. The number of nitrogens with one attached hydrogen (secondary N) is 1. The summed E-state index contributed by atoms with van der Waals surface area (Å²) < 4.78 is 38.1. The minimum absolute atomic E-state index is 0.00561. The van der Waals surface area contributed by atoms with Gasteiger partial charge in [-0.2, -0.15) is 18.4 Å². The van der Waals surface area contributed by atoms with Gasteiger partial charge in [0.15, 0.2) is 0 Å². The van der Waals surface area contributed by atoms with E-state index in [1.54, 1.807) is 0 Å². The van der Waals surface area contributed by atoms with Crippen molar-refractivity contribution in [1.29, 1.82) is 5.26 Å². The summed E-state index contributed by atoms with van der Waals surface area (Å²) >= 11 is 5.06. The zero-order chi connectivity index (χ0) is 16.5. The van der Waals surface area contributed by atoms with Crippen molar-refractivity contribution >= 4 is 22.9 Å². The molecule has 2 N–H and O–H groups in total. The number of hydrogen-bond donors (Lipinski definition) is 2. The molecule has 116 valence electrons. The maximum atomic E-state index is 12.7. The predicted molar refractivity (Wildman–Crippen MR) is 80.4 cm³/mol. The zero-order valence-corrected chi connectivity index (χ0v) is 12.5. The summed E-state index contributed by atoms with van der Waals surface area (Å²) in [4.78, 5) is 0.00561. The largest absolute Gasteiger partial charge is 0.511 e. The van der Waals surface area contributed by atoms with Crippen LogP contribution in [0.5, 0.6) is 0 Å². The first-order valence-corrected chi connectivity index (χ1v) is 6.97. The van der Waals surface area contributed by atoms with Crippen LogP contribution < -0.4 is 5.32 Å². The highest BCUT2D eigenvalue weighted by molar-refractivity contribution is 7.81. The van der Waals surface area contributed by atoms with E-state index >= 15 is 0 Å². The van der Waals surface area contributed by atoms with E-state index < -0.39 is 11.7 Å². The number of benzene rings is 1. The summed E-state index contributed by atoms with van der Waals surface area (Å²) in [6.45, 7) is 1.35. The fourth-order valence-corrected chi connectivity index (χ4v) is 2.31. The van der Waals surface area contributed by atoms with Crippen LogP contribution in [0.1, 0.15) is 24.0 Å². The van der Waals surface area contributed by atoms with Crippen LogP contribution in [0.25, 0.3) is 0 Å². The lowest BCUT2D eigenvalue weighted by Gasteiger charge is -2.13. The molecule has 0 aromatic heterocycles. The molecule has 1 aliphatic rings. The van der Waals surface area contributed by atoms with Crippen molar-refractivity contribution in [3.05, 3.63) is 40.7 Å². The van der Waals surface area contributed by atoms with E-state index in [1.165, 1.54) is 19.1 Å². The number of thiocarbonyl (C=S) groups is 1. The number of aliphatic hydroxyl groups is 1. The molecule has 1 aromatic carbocycles. The quantitative estimate of drug-likeness (QED) is 0.372. The number of nitriles is 1. The minimum atomic E-state index is -4.41. The lowest BCUT2D eigenvalue weighted by Crippen LogP contribution is -2.14. The van der Waals surface area contributed by atoms with Gasteiger partial charge in [-0.1, -0.05) is 12.2 Å². The van der Waals surface area contributed by atoms with Crippen LogP contribution in [0, 0.1) is 24.2 Å². The number of aliphatic hydroxyl groups excluding tert-OH is 1. The van der Waals surface area contributed by atoms with E-state index in [-0.39, 0.29) is 27.8 Å². The number of alkyl halides is 3. The van der Waals surface area contributed by atoms with E-state index in [2.05, 4.69) is 5.32 Å². The Morgan fingerprint density at radius 3 is 2.50 bits per heavy atom. The molecule has 0 aliphatic heterocycles. The third kappa shape index (κ3) is 3.57. The Kier molecular flexibility index (Phi) is 4.42. The normalized spacial score (nSPS) is 15.8. The standard InChI is InChI=1S/C15H13F3N2OS/c1-8-6-10(4-5-12(8)15(16,17)18)20-14(22)11(7-19)13(21)9-2-3-9/h4-6,9,21H,2-3H2,1H3,(H,20,22)/b13-11-. The average molecular weight is 326 g/mol. The Balaban J connectivity index is 2.21. The van der Waals surface area contributed by atoms with Gasteiger partial charge in [0.2, 0.25) is 0 Å². The van der Waals surface area contributed by atoms with E-state index in [9.17, 15) is 18.3 Å². The molecule has 0 atom stereocenters. The highest BCUT2D eigenvalue weighted by Gasteiger charge is 2.32. The molecule has 1 saturated carbocycles. The van der Waals surface area contributed by atoms with Gasteiger partial charge in [-0.05, 0) is 43.5 Å². The van der Waals surface area contributed by atoms with E-state index in [0.717, 1.165) is 18.9 Å². The van der Waals surface area contributed by atoms with Crippen molar-refractivity contribution in [3.8, 4) is 6.07 Å². The Morgan fingerprint density at radius 1 is 1.41 bits per heavy atom. The number of rotatable bonds is 3. The molecule has 22 heavy (non-hydrogen) atoms. The molecular weight excluding hydrogens is 313 g/mol. The van der Waals surface area contributed by atoms with Crippen LogP contribution in [0.4, 0.5) is 18.9 Å². The fourth-order valence-electron chi connectivity index (χ4n) is 2.04. The van der Waals surface area contributed by atoms with Crippen molar-refractivity contribution in [1.82, 2.24) is 0 Å². The summed E-state index contributed by atoms with van der Waals surface area (Å²) in [5, 5.41) is 21.7. The fraction of sp³-hybridized carbons (Fsp3) is 0.333. The van der Waals surface area contributed by atoms with Crippen LogP contribution in [-0.2, 0) is 6.18 Å². The van der Waals surface area contributed by atoms with Gasteiger partial charge in [0.05, 0.1) is 5.56 Å². The monoisotopic (exact) mass is 326 g/mol.